The number of nitrogens with zero attached hydrogens (tertiary/aromatic N) is 1. The molecule has 0 spiro atoms. The quantitative estimate of drug-likeness (QED) is 0.772. The van der Waals surface area contributed by atoms with E-state index in [1.165, 1.54) is 0 Å². The summed E-state index contributed by atoms with van der Waals surface area (Å²) in [6, 6.07) is 10.5. The average molecular weight is 352 g/mol. The summed E-state index contributed by atoms with van der Waals surface area (Å²) in [6.07, 6.45) is 6.94. The van der Waals surface area contributed by atoms with Crippen molar-refractivity contribution >= 4 is 23.2 Å². The number of carbonyl (C=O) groups excluding carboxylic acids is 2. The highest BCUT2D eigenvalue weighted by atomic mass is 16.2. The highest BCUT2D eigenvalue weighted by Gasteiger charge is 2.16. The summed E-state index contributed by atoms with van der Waals surface area (Å²) in [7, 11) is 0. The van der Waals surface area contributed by atoms with E-state index in [4.69, 9.17) is 0 Å². The second-order valence-electron chi connectivity index (χ2n) is 6.57. The Kier molecular flexibility index (Phi) is 6.33. The second-order valence-corrected chi connectivity index (χ2v) is 6.57. The third-order valence-corrected chi connectivity index (χ3v) is 4.52. The monoisotopic (exact) mass is 352 g/mol. The first-order valence-electron chi connectivity index (χ1n) is 9.03. The first-order chi connectivity index (χ1) is 12.7. The fraction of sp³-hybridized carbons (Fsp3) is 0.350. The molecule has 0 aliphatic carbocycles. The Bertz CT molecular complexity index is 740. The predicted molar refractivity (Wildman–Crippen MR) is 102 cm³/mol. The van der Waals surface area contributed by atoms with Crippen molar-refractivity contribution in [3.8, 4) is 0 Å². The highest BCUT2D eigenvalue weighted by molar-refractivity contribution is 6.04. The Hall–Kier alpha value is -2.73. The van der Waals surface area contributed by atoms with E-state index in [0.717, 1.165) is 32.4 Å². The van der Waals surface area contributed by atoms with Gasteiger partial charge in [0.15, 0.2) is 0 Å². The van der Waals surface area contributed by atoms with Crippen LogP contribution < -0.4 is 16.0 Å². The maximum atomic E-state index is 12.3. The molecule has 1 unspecified atom stereocenters. The molecule has 1 saturated heterocycles. The molecule has 0 saturated carbocycles. The van der Waals surface area contributed by atoms with Gasteiger partial charge < -0.3 is 16.0 Å². The summed E-state index contributed by atoms with van der Waals surface area (Å²) in [5.74, 6) is 0.246. The van der Waals surface area contributed by atoms with E-state index in [0.29, 0.717) is 29.3 Å². The molecule has 1 fully saturated rings. The normalized spacial score (nSPS) is 17.2. The molecule has 2 aromatic rings. The van der Waals surface area contributed by atoms with Crippen molar-refractivity contribution < 1.29 is 9.59 Å². The number of aromatic nitrogens is 1. The van der Waals surface area contributed by atoms with Crippen LogP contribution in [0, 0.1) is 5.92 Å². The van der Waals surface area contributed by atoms with Crippen LogP contribution in [-0.2, 0) is 4.79 Å². The van der Waals surface area contributed by atoms with Crippen LogP contribution >= 0.6 is 0 Å². The van der Waals surface area contributed by atoms with Gasteiger partial charge in [0.25, 0.3) is 5.91 Å². The van der Waals surface area contributed by atoms with E-state index >= 15 is 0 Å². The number of amides is 2. The first kappa shape index (κ1) is 18.1. The fourth-order valence-electron chi connectivity index (χ4n) is 3.15. The summed E-state index contributed by atoms with van der Waals surface area (Å²) < 4.78 is 0. The number of nitrogens with one attached hydrogen (secondary N) is 3. The third kappa shape index (κ3) is 5.39. The average Bonchev–Trinajstić information content (AvgIpc) is 2.91. The summed E-state index contributed by atoms with van der Waals surface area (Å²) in [4.78, 5) is 28.4. The van der Waals surface area contributed by atoms with E-state index in [2.05, 4.69) is 20.9 Å². The predicted octanol–water partition coefficient (Wildman–Crippen LogP) is 3.05. The molecule has 3 rings (SSSR count). The van der Waals surface area contributed by atoms with Gasteiger partial charge in [0.2, 0.25) is 5.91 Å². The van der Waals surface area contributed by atoms with E-state index in [1.807, 2.05) is 12.1 Å². The van der Waals surface area contributed by atoms with Gasteiger partial charge >= 0.3 is 0 Å². The number of rotatable bonds is 5. The zero-order valence-electron chi connectivity index (χ0n) is 14.7. The van der Waals surface area contributed by atoms with Gasteiger partial charge in [-0.15, -0.1) is 0 Å². The van der Waals surface area contributed by atoms with Gasteiger partial charge in [-0.3, -0.25) is 14.6 Å². The van der Waals surface area contributed by atoms with Gasteiger partial charge in [-0.2, -0.15) is 0 Å². The zero-order valence-corrected chi connectivity index (χ0v) is 14.7. The van der Waals surface area contributed by atoms with Gasteiger partial charge in [0.1, 0.15) is 0 Å². The van der Waals surface area contributed by atoms with Gasteiger partial charge in [-0.1, -0.05) is 6.07 Å². The molecule has 1 aliphatic rings. The number of hydrogen-bond acceptors (Lipinski definition) is 4. The smallest absolute Gasteiger partial charge is 0.255 e. The lowest BCUT2D eigenvalue weighted by Gasteiger charge is -2.14. The standard InChI is InChI=1S/C20H24N4O2/c25-19(13-15-3-2-9-21-10-6-15)23-17-4-1-5-18(14-17)24-20(26)16-7-11-22-12-8-16/h1,4-5,7-8,11-12,14-15,21H,2-3,6,9-10,13H2,(H,23,25)(H,24,26). The summed E-state index contributed by atoms with van der Waals surface area (Å²) in [6.45, 7) is 2.02. The maximum Gasteiger partial charge on any atom is 0.255 e. The minimum atomic E-state index is -0.207. The van der Waals surface area contributed by atoms with Crippen molar-refractivity contribution in [1.82, 2.24) is 10.3 Å². The Morgan fingerprint density at radius 3 is 2.62 bits per heavy atom. The molecule has 3 N–H and O–H groups in total. The van der Waals surface area contributed by atoms with Crippen LogP contribution in [0.1, 0.15) is 36.0 Å². The van der Waals surface area contributed by atoms with Gasteiger partial charge in [0.05, 0.1) is 0 Å². The molecule has 26 heavy (non-hydrogen) atoms. The lowest BCUT2D eigenvalue weighted by Crippen LogP contribution is -2.18. The SMILES string of the molecule is O=C(CC1CCCNCC1)Nc1cccc(NC(=O)c2ccncc2)c1. The summed E-state index contributed by atoms with van der Waals surface area (Å²) in [5.41, 5.74) is 1.87. The number of carbonyl (C=O) groups is 2. The Morgan fingerprint density at radius 2 is 1.81 bits per heavy atom. The molecule has 136 valence electrons. The molecule has 2 heterocycles. The van der Waals surface area contributed by atoms with Crippen molar-refractivity contribution in [3.63, 3.8) is 0 Å². The molecule has 6 nitrogen and oxygen atoms in total. The van der Waals surface area contributed by atoms with Crippen LogP contribution in [-0.4, -0.2) is 29.9 Å². The van der Waals surface area contributed by atoms with Gasteiger partial charge in [0, 0.05) is 35.8 Å². The van der Waals surface area contributed by atoms with Gasteiger partial charge in [-0.25, -0.2) is 0 Å². The fourth-order valence-corrected chi connectivity index (χ4v) is 3.15. The van der Waals surface area contributed by atoms with Crippen LogP contribution in [0.3, 0.4) is 0 Å². The summed E-state index contributed by atoms with van der Waals surface area (Å²) in [5, 5.41) is 9.14. The molecular weight excluding hydrogens is 328 g/mol. The minimum absolute atomic E-state index is 0.0227. The zero-order chi connectivity index (χ0) is 18.2. The molecule has 1 aromatic heterocycles. The topological polar surface area (TPSA) is 83.1 Å². The van der Waals surface area contributed by atoms with Crippen molar-refractivity contribution in [2.24, 2.45) is 5.92 Å². The molecule has 6 heteroatoms. The molecule has 0 bridgehead atoms. The van der Waals surface area contributed by atoms with Crippen molar-refractivity contribution in [2.45, 2.75) is 25.7 Å². The van der Waals surface area contributed by atoms with E-state index in [-0.39, 0.29) is 11.8 Å². The maximum absolute atomic E-state index is 12.3. The molecule has 1 aromatic carbocycles. The minimum Gasteiger partial charge on any atom is -0.326 e. The van der Waals surface area contributed by atoms with E-state index < -0.39 is 0 Å². The van der Waals surface area contributed by atoms with Crippen LogP contribution in [0.4, 0.5) is 11.4 Å². The number of anilines is 2. The van der Waals surface area contributed by atoms with Crippen molar-refractivity contribution in [3.05, 3.63) is 54.4 Å². The highest BCUT2D eigenvalue weighted by Crippen LogP contribution is 2.20. The molecular formula is C20H24N4O2. The second kappa shape index (κ2) is 9.10. The Morgan fingerprint density at radius 1 is 1.04 bits per heavy atom. The summed E-state index contributed by atoms with van der Waals surface area (Å²) >= 11 is 0. The lowest BCUT2D eigenvalue weighted by atomic mass is 9.96. The van der Waals surface area contributed by atoms with Gasteiger partial charge in [-0.05, 0) is 68.6 Å². The molecule has 1 atom stereocenters. The Balaban J connectivity index is 1.56. The van der Waals surface area contributed by atoms with Crippen LogP contribution in [0.5, 0.6) is 0 Å². The van der Waals surface area contributed by atoms with Crippen LogP contribution in [0.15, 0.2) is 48.8 Å². The Labute approximate surface area is 153 Å². The van der Waals surface area contributed by atoms with Crippen molar-refractivity contribution in [2.75, 3.05) is 23.7 Å². The largest absolute Gasteiger partial charge is 0.326 e. The third-order valence-electron chi connectivity index (χ3n) is 4.52. The lowest BCUT2D eigenvalue weighted by molar-refractivity contribution is -0.117. The van der Waals surface area contributed by atoms with Crippen LogP contribution in [0.25, 0.3) is 0 Å². The number of hydrogen-bond donors (Lipinski definition) is 3. The number of benzene rings is 1. The molecule has 2 amide bonds. The van der Waals surface area contributed by atoms with Crippen LogP contribution in [0.2, 0.25) is 0 Å². The van der Waals surface area contributed by atoms with E-state index in [9.17, 15) is 9.59 Å². The number of pyridine rings is 1. The van der Waals surface area contributed by atoms with E-state index in [1.54, 1.807) is 36.7 Å². The van der Waals surface area contributed by atoms with Crippen molar-refractivity contribution in [1.29, 1.82) is 0 Å². The molecule has 1 aliphatic heterocycles. The molecule has 0 radical (unpaired) electrons. The first-order valence-corrected chi connectivity index (χ1v) is 9.03.